The first kappa shape index (κ1) is 19.1. The van der Waals surface area contributed by atoms with Gasteiger partial charge in [-0.2, -0.15) is 4.31 Å². The summed E-state index contributed by atoms with van der Waals surface area (Å²) in [5.74, 6) is -0.0447. The van der Waals surface area contributed by atoms with Crippen LogP contribution in [0.5, 0.6) is 6.01 Å². The van der Waals surface area contributed by atoms with Crippen molar-refractivity contribution < 1.29 is 13.2 Å². The first-order valence-electron chi connectivity index (χ1n) is 8.53. The fourth-order valence-corrected chi connectivity index (χ4v) is 4.75. The molecule has 1 aliphatic heterocycles. The van der Waals surface area contributed by atoms with Gasteiger partial charge in [0.1, 0.15) is 6.10 Å². The molecule has 0 amide bonds. The van der Waals surface area contributed by atoms with Crippen LogP contribution in [0, 0.1) is 13.8 Å². The monoisotopic (exact) mass is 395 g/mol. The molecule has 0 bridgehead atoms. The van der Waals surface area contributed by atoms with Crippen LogP contribution in [0.1, 0.15) is 29.8 Å². The van der Waals surface area contributed by atoms with E-state index in [1.165, 1.54) is 4.31 Å². The van der Waals surface area contributed by atoms with Crippen LogP contribution in [-0.2, 0) is 15.8 Å². The third-order valence-electron chi connectivity index (χ3n) is 4.23. The molecular formula is C18H22ClN3O3S. The van der Waals surface area contributed by atoms with Crippen LogP contribution in [0.15, 0.2) is 30.3 Å². The lowest BCUT2D eigenvalue weighted by Gasteiger charge is -2.31. The van der Waals surface area contributed by atoms with Gasteiger partial charge in [0, 0.05) is 23.0 Å². The van der Waals surface area contributed by atoms with Crippen molar-refractivity contribution in [3.05, 3.63) is 52.3 Å². The molecule has 140 valence electrons. The molecule has 1 aliphatic rings. The summed E-state index contributed by atoms with van der Waals surface area (Å²) < 4.78 is 32.9. The number of sulfonamides is 1. The highest BCUT2D eigenvalue weighted by Crippen LogP contribution is 2.21. The molecule has 2 aromatic rings. The fourth-order valence-electron chi connectivity index (χ4n) is 3.03. The SMILES string of the molecule is Cc1cc(C)nc(O[C@@H]2CCCN(S(=O)(=O)Cc3ccc(Cl)cc3)C2)n1. The number of benzene rings is 1. The van der Waals surface area contributed by atoms with E-state index in [9.17, 15) is 8.42 Å². The number of piperidine rings is 1. The van der Waals surface area contributed by atoms with Gasteiger partial charge in [0.25, 0.3) is 0 Å². The molecule has 0 aliphatic carbocycles. The Hall–Kier alpha value is -1.70. The molecule has 8 heteroatoms. The van der Waals surface area contributed by atoms with E-state index in [2.05, 4.69) is 9.97 Å². The first-order chi connectivity index (χ1) is 12.3. The maximum atomic E-state index is 12.8. The van der Waals surface area contributed by atoms with Crippen LogP contribution in [-0.4, -0.2) is 41.9 Å². The third kappa shape index (κ3) is 4.93. The molecule has 1 atom stereocenters. The molecule has 26 heavy (non-hydrogen) atoms. The maximum absolute atomic E-state index is 12.8. The zero-order valence-corrected chi connectivity index (χ0v) is 16.4. The minimum Gasteiger partial charge on any atom is -0.459 e. The van der Waals surface area contributed by atoms with E-state index >= 15 is 0 Å². The normalized spacial score (nSPS) is 18.7. The molecular weight excluding hydrogens is 374 g/mol. The van der Waals surface area contributed by atoms with Crippen molar-refractivity contribution in [1.29, 1.82) is 0 Å². The topological polar surface area (TPSA) is 72.4 Å². The molecule has 0 radical (unpaired) electrons. The van der Waals surface area contributed by atoms with Gasteiger partial charge in [0.05, 0.1) is 12.3 Å². The molecule has 1 saturated heterocycles. The van der Waals surface area contributed by atoms with Crippen molar-refractivity contribution in [3.63, 3.8) is 0 Å². The number of hydrogen-bond donors (Lipinski definition) is 0. The van der Waals surface area contributed by atoms with E-state index in [0.29, 0.717) is 24.1 Å². The van der Waals surface area contributed by atoms with Gasteiger partial charge in [-0.15, -0.1) is 0 Å². The molecule has 2 heterocycles. The molecule has 1 aromatic heterocycles. The standard InChI is InChI=1S/C18H22ClN3O3S/c1-13-10-14(2)21-18(20-13)25-17-4-3-9-22(11-17)26(23,24)12-15-5-7-16(19)8-6-15/h5-8,10,17H,3-4,9,11-12H2,1-2H3/t17-/m1/s1. The number of halogens is 1. The van der Waals surface area contributed by atoms with E-state index in [4.69, 9.17) is 16.3 Å². The van der Waals surface area contributed by atoms with E-state index in [-0.39, 0.29) is 11.9 Å². The Morgan fingerprint density at radius 3 is 2.50 bits per heavy atom. The number of aromatic nitrogens is 2. The van der Waals surface area contributed by atoms with Crippen LogP contribution >= 0.6 is 11.6 Å². The Morgan fingerprint density at radius 1 is 1.19 bits per heavy atom. The quantitative estimate of drug-likeness (QED) is 0.777. The Kier molecular flexibility index (Phi) is 5.79. The summed E-state index contributed by atoms with van der Waals surface area (Å²) in [6.45, 7) is 4.58. The van der Waals surface area contributed by atoms with Gasteiger partial charge in [-0.25, -0.2) is 18.4 Å². The van der Waals surface area contributed by atoms with E-state index < -0.39 is 10.0 Å². The van der Waals surface area contributed by atoms with Gasteiger partial charge in [-0.05, 0) is 50.5 Å². The number of nitrogens with zero attached hydrogens (tertiary/aromatic N) is 3. The predicted octanol–water partition coefficient (Wildman–Crippen LogP) is 3.12. The summed E-state index contributed by atoms with van der Waals surface area (Å²) in [5.41, 5.74) is 2.38. The molecule has 0 spiro atoms. The van der Waals surface area contributed by atoms with E-state index in [0.717, 1.165) is 29.8 Å². The van der Waals surface area contributed by atoms with Crippen LogP contribution in [0.25, 0.3) is 0 Å². The molecule has 0 saturated carbocycles. The molecule has 6 nitrogen and oxygen atoms in total. The minimum atomic E-state index is -3.42. The molecule has 0 N–H and O–H groups in total. The first-order valence-corrected chi connectivity index (χ1v) is 10.5. The lowest BCUT2D eigenvalue weighted by molar-refractivity contribution is 0.118. The Balaban J connectivity index is 1.67. The third-order valence-corrected chi connectivity index (χ3v) is 6.30. The maximum Gasteiger partial charge on any atom is 0.317 e. The summed E-state index contributed by atoms with van der Waals surface area (Å²) >= 11 is 5.86. The second-order valence-corrected chi connectivity index (χ2v) is 8.96. The summed E-state index contributed by atoms with van der Waals surface area (Å²) in [6.07, 6.45) is 1.28. The van der Waals surface area contributed by atoms with Crippen molar-refractivity contribution in [2.24, 2.45) is 0 Å². The van der Waals surface area contributed by atoms with Gasteiger partial charge < -0.3 is 4.74 Å². The number of rotatable bonds is 5. The van der Waals surface area contributed by atoms with E-state index in [1.54, 1.807) is 24.3 Å². The van der Waals surface area contributed by atoms with Gasteiger partial charge in [-0.1, -0.05) is 23.7 Å². The Labute approximate surface area is 159 Å². The van der Waals surface area contributed by atoms with Gasteiger partial charge in [0.15, 0.2) is 0 Å². The summed E-state index contributed by atoms with van der Waals surface area (Å²) in [4.78, 5) is 8.56. The second kappa shape index (κ2) is 7.90. The molecule has 0 unspecified atom stereocenters. The highest BCUT2D eigenvalue weighted by Gasteiger charge is 2.30. The Morgan fingerprint density at radius 2 is 1.85 bits per heavy atom. The summed E-state index contributed by atoms with van der Waals surface area (Å²) in [7, 11) is -3.42. The molecule has 3 rings (SSSR count). The minimum absolute atomic E-state index is 0.0447. The molecule has 1 fully saturated rings. The fraction of sp³-hybridized carbons (Fsp3) is 0.444. The lowest BCUT2D eigenvalue weighted by Crippen LogP contribution is -2.44. The average molecular weight is 396 g/mol. The number of aryl methyl sites for hydroxylation is 2. The van der Waals surface area contributed by atoms with Crippen LogP contribution in [0.4, 0.5) is 0 Å². The number of ether oxygens (including phenoxy) is 1. The van der Waals surface area contributed by atoms with Crippen LogP contribution in [0.3, 0.4) is 0 Å². The van der Waals surface area contributed by atoms with Crippen molar-refractivity contribution in [2.45, 2.75) is 38.5 Å². The largest absolute Gasteiger partial charge is 0.459 e. The highest BCUT2D eigenvalue weighted by molar-refractivity contribution is 7.88. The zero-order chi connectivity index (χ0) is 18.7. The van der Waals surface area contributed by atoms with Crippen molar-refractivity contribution in [2.75, 3.05) is 13.1 Å². The second-order valence-electron chi connectivity index (χ2n) is 6.56. The van der Waals surface area contributed by atoms with Crippen LogP contribution in [0.2, 0.25) is 5.02 Å². The van der Waals surface area contributed by atoms with Gasteiger partial charge in [-0.3, -0.25) is 0 Å². The van der Waals surface area contributed by atoms with Crippen molar-refractivity contribution in [3.8, 4) is 6.01 Å². The Bertz CT molecular complexity index is 852. The van der Waals surface area contributed by atoms with Crippen molar-refractivity contribution >= 4 is 21.6 Å². The lowest BCUT2D eigenvalue weighted by atomic mass is 10.1. The van der Waals surface area contributed by atoms with Gasteiger partial charge in [0.2, 0.25) is 10.0 Å². The van der Waals surface area contributed by atoms with Crippen LogP contribution < -0.4 is 4.74 Å². The van der Waals surface area contributed by atoms with Crippen molar-refractivity contribution in [1.82, 2.24) is 14.3 Å². The predicted molar refractivity (Wildman–Crippen MR) is 101 cm³/mol. The summed E-state index contributed by atoms with van der Waals surface area (Å²) in [5, 5.41) is 0.589. The highest BCUT2D eigenvalue weighted by atomic mass is 35.5. The zero-order valence-electron chi connectivity index (χ0n) is 14.9. The summed E-state index contributed by atoms with van der Waals surface area (Å²) in [6, 6.07) is 9.06. The van der Waals surface area contributed by atoms with Gasteiger partial charge >= 0.3 is 6.01 Å². The van der Waals surface area contributed by atoms with E-state index in [1.807, 2.05) is 19.9 Å². The average Bonchev–Trinajstić information content (AvgIpc) is 2.56. The smallest absolute Gasteiger partial charge is 0.317 e. The number of hydrogen-bond acceptors (Lipinski definition) is 5. The molecule has 1 aromatic carbocycles.